The summed E-state index contributed by atoms with van der Waals surface area (Å²) in [6.45, 7) is 3.88. The van der Waals surface area contributed by atoms with Gasteiger partial charge in [-0.3, -0.25) is 9.59 Å². The van der Waals surface area contributed by atoms with Gasteiger partial charge in [-0.25, -0.2) is 0 Å². The van der Waals surface area contributed by atoms with Crippen molar-refractivity contribution in [3.63, 3.8) is 0 Å². The van der Waals surface area contributed by atoms with Gasteiger partial charge in [0, 0.05) is 6.04 Å². The second-order valence-corrected chi connectivity index (χ2v) is 4.05. The Morgan fingerprint density at radius 3 is 2.47 bits per heavy atom. The number of hydrogen-bond donors (Lipinski definition) is 1. The Kier molecular flexibility index (Phi) is 5.20. The molecule has 0 spiro atoms. The highest BCUT2D eigenvalue weighted by Crippen LogP contribution is 2.01. The van der Waals surface area contributed by atoms with Gasteiger partial charge in [-0.1, -0.05) is 30.3 Å². The molecular formula is C13H17NO3. The first kappa shape index (κ1) is 13.2. The molecule has 1 aromatic rings. The van der Waals surface area contributed by atoms with Crippen LogP contribution in [0.25, 0.3) is 0 Å². The lowest BCUT2D eigenvalue weighted by Gasteiger charge is -2.08. The fourth-order valence-corrected chi connectivity index (χ4v) is 1.29. The molecule has 0 atom stereocenters. The summed E-state index contributed by atoms with van der Waals surface area (Å²) in [5.74, 6) is -0.815. The van der Waals surface area contributed by atoms with E-state index >= 15 is 0 Å². The average Bonchev–Trinajstić information content (AvgIpc) is 2.26. The van der Waals surface area contributed by atoms with Crippen molar-refractivity contribution in [2.45, 2.75) is 32.9 Å². The largest absolute Gasteiger partial charge is 0.460 e. The number of benzene rings is 1. The molecule has 0 aliphatic rings. The third kappa shape index (κ3) is 5.70. The van der Waals surface area contributed by atoms with E-state index in [1.165, 1.54) is 0 Å². The van der Waals surface area contributed by atoms with Gasteiger partial charge < -0.3 is 10.1 Å². The minimum absolute atomic E-state index is 0.0319. The molecule has 0 fully saturated rings. The van der Waals surface area contributed by atoms with Crippen LogP contribution in [-0.4, -0.2) is 17.9 Å². The van der Waals surface area contributed by atoms with Gasteiger partial charge in [0.05, 0.1) is 0 Å². The molecule has 1 amide bonds. The molecule has 1 N–H and O–H groups in total. The molecule has 0 aliphatic heterocycles. The Labute approximate surface area is 101 Å². The first-order chi connectivity index (χ1) is 8.08. The zero-order valence-electron chi connectivity index (χ0n) is 10.1. The standard InChI is InChI=1S/C13H17NO3/c1-10(2)14-12(15)8-13(16)17-9-11-6-4-3-5-7-11/h3-7,10H,8-9H2,1-2H3,(H,14,15). The molecule has 0 bridgehead atoms. The van der Waals surface area contributed by atoms with Crippen molar-refractivity contribution in [3.8, 4) is 0 Å². The van der Waals surface area contributed by atoms with Gasteiger partial charge in [0.2, 0.25) is 5.91 Å². The lowest BCUT2D eigenvalue weighted by atomic mass is 10.2. The highest BCUT2D eigenvalue weighted by molar-refractivity contribution is 5.94. The van der Waals surface area contributed by atoms with Gasteiger partial charge in [-0.2, -0.15) is 0 Å². The molecule has 1 aromatic carbocycles. The van der Waals surface area contributed by atoms with Crippen LogP contribution >= 0.6 is 0 Å². The Morgan fingerprint density at radius 2 is 1.88 bits per heavy atom. The predicted molar refractivity (Wildman–Crippen MR) is 64.1 cm³/mol. The van der Waals surface area contributed by atoms with Crippen molar-refractivity contribution >= 4 is 11.9 Å². The van der Waals surface area contributed by atoms with Crippen molar-refractivity contribution < 1.29 is 14.3 Å². The number of hydrogen-bond acceptors (Lipinski definition) is 3. The SMILES string of the molecule is CC(C)NC(=O)CC(=O)OCc1ccccc1. The number of amides is 1. The van der Waals surface area contributed by atoms with Crippen LogP contribution in [-0.2, 0) is 20.9 Å². The van der Waals surface area contributed by atoms with Gasteiger partial charge in [0.1, 0.15) is 13.0 Å². The van der Waals surface area contributed by atoms with Crippen LogP contribution in [0, 0.1) is 0 Å². The summed E-state index contributed by atoms with van der Waals surface area (Å²) in [4.78, 5) is 22.6. The van der Waals surface area contributed by atoms with Gasteiger partial charge in [-0.05, 0) is 19.4 Å². The first-order valence-corrected chi connectivity index (χ1v) is 5.57. The Bertz CT molecular complexity index is 374. The van der Waals surface area contributed by atoms with Gasteiger partial charge in [0.25, 0.3) is 0 Å². The van der Waals surface area contributed by atoms with E-state index in [0.717, 1.165) is 5.56 Å². The zero-order chi connectivity index (χ0) is 12.7. The molecule has 17 heavy (non-hydrogen) atoms. The van der Waals surface area contributed by atoms with Crippen LogP contribution in [0.3, 0.4) is 0 Å². The molecular weight excluding hydrogens is 218 g/mol. The fourth-order valence-electron chi connectivity index (χ4n) is 1.29. The lowest BCUT2D eigenvalue weighted by molar-refractivity contribution is -0.147. The van der Waals surface area contributed by atoms with E-state index < -0.39 is 5.97 Å². The number of rotatable bonds is 5. The number of carbonyl (C=O) groups is 2. The maximum Gasteiger partial charge on any atom is 0.315 e. The van der Waals surface area contributed by atoms with Gasteiger partial charge in [0.15, 0.2) is 0 Å². The van der Waals surface area contributed by atoms with Crippen LogP contribution in [0.4, 0.5) is 0 Å². The Hall–Kier alpha value is -1.84. The summed E-state index contributed by atoms with van der Waals surface area (Å²) < 4.78 is 4.98. The number of ether oxygens (including phenoxy) is 1. The van der Waals surface area contributed by atoms with Crippen molar-refractivity contribution in [2.24, 2.45) is 0 Å². The van der Waals surface area contributed by atoms with Crippen molar-refractivity contribution in [3.05, 3.63) is 35.9 Å². The smallest absolute Gasteiger partial charge is 0.315 e. The third-order valence-corrected chi connectivity index (χ3v) is 2.00. The summed E-state index contributed by atoms with van der Waals surface area (Å²) in [6.07, 6.45) is -0.231. The molecule has 92 valence electrons. The zero-order valence-corrected chi connectivity index (χ0v) is 10.1. The van der Waals surface area contributed by atoms with E-state index in [1.807, 2.05) is 44.2 Å². The molecule has 0 saturated heterocycles. The summed E-state index contributed by atoms with van der Waals surface area (Å²) >= 11 is 0. The minimum Gasteiger partial charge on any atom is -0.460 e. The van der Waals surface area contributed by atoms with E-state index in [1.54, 1.807) is 0 Å². The Morgan fingerprint density at radius 1 is 1.24 bits per heavy atom. The molecule has 0 aliphatic carbocycles. The lowest BCUT2D eigenvalue weighted by Crippen LogP contribution is -2.32. The van der Waals surface area contributed by atoms with Crippen LogP contribution in [0.5, 0.6) is 0 Å². The Balaban J connectivity index is 2.28. The summed E-state index contributed by atoms with van der Waals surface area (Å²) in [5, 5.41) is 2.63. The van der Waals surface area contributed by atoms with E-state index in [-0.39, 0.29) is 25.0 Å². The number of nitrogens with one attached hydrogen (secondary N) is 1. The van der Waals surface area contributed by atoms with E-state index in [4.69, 9.17) is 4.74 Å². The molecule has 0 aromatic heterocycles. The number of esters is 1. The first-order valence-electron chi connectivity index (χ1n) is 5.57. The molecule has 0 heterocycles. The number of carbonyl (C=O) groups excluding carboxylic acids is 2. The van der Waals surface area contributed by atoms with Crippen molar-refractivity contribution in [2.75, 3.05) is 0 Å². The second kappa shape index (κ2) is 6.68. The molecule has 4 heteroatoms. The average molecular weight is 235 g/mol. The molecule has 0 unspecified atom stereocenters. The van der Waals surface area contributed by atoms with Crippen LogP contribution in [0.15, 0.2) is 30.3 Å². The summed E-state index contributed by atoms with van der Waals surface area (Å²) in [7, 11) is 0. The van der Waals surface area contributed by atoms with Crippen molar-refractivity contribution in [1.82, 2.24) is 5.32 Å². The van der Waals surface area contributed by atoms with E-state index in [2.05, 4.69) is 5.32 Å². The molecule has 1 rings (SSSR count). The van der Waals surface area contributed by atoms with Crippen molar-refractivity contribution in [1.29, 1.82) is 0 Å². The van der Waals surface area contributed by atoms with Crippen LogP contribution in [0.1, 0.15) is 25.8 Å². The maximum absolute atomic E-state index is 11.3. The fraction of sp³-hybridized carbons (Fsp3) is 0.385. The van der Waals surface area contributed by atoms with Crippen LogP contribution < -0.4 is 5.32 Å². The van der Waals surface area contributed by atoms with Crippen LogP contribution in [0.2, 0.25) is 0 Å². The highest BCUT2D eigenvalue weighted by Gasteiger charge is 2.11. The molecule has 4 nitrogen and oxygen atoms in total. The topological polar surface area (TPSA) is 55.4 Å². The third-order valence-electron chi connectivity index (χ3n) is 2.00. The molecule has 0 radical (unpaired) electrons. The van der Waals surface area contributed by atoms with E-state index in [9.17, 15) is 9.59 Å². The normalized spacial score (nSPS) is 10.1. The molecule has 0 saturated carbocycles. The quantitative estimate of drug-likeness (QED) is 0.623. The second-order valence-electron chi connectivity index (χ2n) is 4.05. The minimum atomic E-state index is -0.507. The van der Waals surface area contributed by atoms with Gasteiger partial charge in [-0.15, -0.1) is 0 Å². The summed E-state index contributed by atoms with van der Waals surface area (Å²) in [5.41, 5.74) is 0.908. The summed E-state index contributed by atoms with van der Waals surface area (Å²) in [6, 6.07) is 9.39. The van der Waals surface area contributed by atoms with E-state index in [0.29, 0.717) is 0 Å². The predicted octanol–water partition coefficient (Wildman–Crippen LogP) is 1.64. The highest BCUT2D eigenvalue weighted by atomic mass is 16.5. The maximum atomic E-state index is 11.3. The monoisotopic (exact) mass is 235 g/mol. The van der Waals surface area contributed by atoms with Gasteiger partial charge >= 0.3 is 5.97 Å².